The molecular formula is C32H50S. The molecule has 0 N–H and O–H groups in total. The number of hydrogen-bond donors (Lipinski definition) is 0. The second-order valence-corrected chi connectivity index (χ2v) is 15.2. The summed E-state index contributed by atoms with van der Waals surface area (Å²) in [5, 5.41) is 0. The summed E-state index contributed by atoms with van der Waals surface area (Å²) in [5.41, 5.74) is 12.1. The normalized spacial score (nSPS) is 13.6. The molecule has 2 aromatic carbocycles. The van der Waals surface area contributed by atoms with E-state index in [0.29, 0.717) is 0 Å². The Hall–Kier alpha value is -1.21. The van der Waals surface area contributed by atoms with Crippen LogP contribution in [0.4, 0.5) is 0 Å². The molecule has 0 nitrogen and oxygen atoms in total. The van der Waals surface area contributed by atoms with Gasteiger partial charge in [0, 0.05) is 9.79 Å². The minimum absolute atomic E-state index is 0.112. The van der Waals surface area contributed by atoms with Gasteiger partial charge in [0.2, 0.25) is 0 Å². The number of benzene rings is 2. The van der Waals surface area contributed by atoms with Crippen LogP contribution >= 0.6 is 11.8 Å². The maximum Gasteiger partial charge on any atom is 0.0186 e. The standard InChI is InChI=1S/C32H50S/c1-19-23(29(5,6)7)17-24(30(8,9)10)20(2)27(19)33-28-21(3)25(31(11,12)13)18-26(22(28)4)32(14,15)16/h17-18H,1-16H3. The van der Waals surface area contributed by atoms with Crippen molar-refractivity contribution in [1.29, 1.82) is 0 Å². The van der Waals surface area contributed by atoms with E-state index in [-0.39, 0.29) is 21.7 Å². The van der Waals surface area contributed by atoms with E-state index in [4.69, 9.17) is 0 Å². The molecule has 0 saturated carbocycles. The van der Waals surface area contributed by atoms with E-state index in [1.165, 1.54) is 54.3 Å². The van der Waals surface area contributed by atoms with E-state index in [0.717, 1.165) is 0 Å². The number of hydrogen-bond acceptors (Lipinski definition) is 1. The Kier molecular flexibility index (Phi) is 7.46. The summed E-state index contributed by atoms with van der Waals surface area (Å²) in [7, 11) is 0. The molecule has 0 unspecified atom stereocenters. The van der Waals surface area contributed by atoms with Crippen LogP contribution < -0.4 is 0 Å². The van der Waals surface area contributed by atoms with Gasteiger partial charge in [-0.15, -0.1) is 0 Å². The fourth-order valence-electron chi connectivity index (χ4n) is 5.30. The van der Waals surface area contributed by atoms with Crippen molar-refractivity contribution < 1.29 is 0 Å². The Morgan fingerprint density at radius 1 is 0.394 bits per heavy atom. The molecule has 33 heavy (non-hydrogen) atoms. The Labute approximate surface area is 210 Å². The second-order valence-electron chi connectivity index (χ2n) is 14.2. The van der Waals surface area contributed by atoms with Crippen molar-refractivity contribution in [3.05, 3.63) is 56.6 Å². The van der Waals surface area contributed by atoms with Crippen molar-refractivity contribution in [1.82, 2.24) is 0 Å². The summed E-state index contributed by atoms with van der Waals surface area (Å²) >= 11 is 2.02. The van der Waals surface area contributed by atoms with Crippen LogP contribution in [0.3, 0.4) is 0 Å². The van der Waals surface area contributed by atoms with Gasteiger partial charge in [0.15, 0.2) is 0 Å². The van der Waals surface area contributed by atoms with Gasteiger partial charge in [-0.05, 0) is 93.9 Å². The predicted octanol–water partition coefficient (Wildman–Crippen LogP) is 10.3. The molecule has 0 atom stereocenters. The summed E-state index contributed by atoms with van der Waals surface area (Å²) < 4.78 is 0. The van der Waals surface area contributed by atoms with Gasteiger partial charge < -0.3 is 0 Å². The first-order valence-corrected chi connectivity index (χ1v) is 13.4. The van der Waals surface area contributed by atoms with Crippen LogP contribution in [0.5, 0.6) is 0 Å². The van der Waals surface area contributed by atoms with Crippen molar-refractivity contribution in [3.63, 3.8) is 0 Å². The topological polar surface area (TPSA) is 0 Å². The van der Waals surface area contributed by atoms with Gasteiger partial charge in [0.25, 0.3) is 0 Å². The van der Waals surface area contributed by atoms with Crippen LogP contribution in [0.15, 0.2) is 21.9 Å². The second kappa shape index (κ2) is 8.78. The largest absolute Gasteiger partial charge is 0.0889 e. The molecule has 0 aliphatic rings. The minimum atomic E-state index is 0.112. The predicted molar refractivity (Wildman–Crippen MR) is 151 cm³/mol. The molecule has 2 aromatic rings. The van der Waals surface area contributed by atoms with Crippen LogP contribution in [0.1, 0.15) is 128 Å². The molecular weight excluding hydrogens is 416 g/mol. The lowest BCUT2D eigenvalue weighted by molar-refractivity contribution is 0.558. The fourth-order valence-corrected chi connectivity index (χ4v) is 6.55. The molecule has 0 amide bonds. The zero-order chi connectivity index (χ0) is 25.9. The van der Waals surface area contributed by atoms with Crippen molar-refractivity contribution in [2.45, 2.75) is 142 Å². The van der Waals surface area contributed by atoms with Crippen molar-refractivity contribution in [2.24, 2.45) is 0 Å². The SMILES string of the molecule is Cc1c(C(C)(C)C)cc(C(C)(C)C)c(C)c1Sc1c(C)c(C(C)(C)C)cc(C(C)(C)C)c1C. The first kappa shape index (κ1) is 28.0. The van der Waals surface area contributed by atoms with Gasteiger partial charge in [0.05, 0.1) is 0 Å². The Morgan fingerprint density at radius 2 is 0.576 bits per heavy atom. The summed E-state index contributed by atoms with van der Waals surface area (Å²) in [6, 6.07) is 4.97. The summed E-state index contributed by atoms with van der Waals surface area (Å²) in [6.07, 6.45) is 0. The van der Waals surface area contributed by atoms with Gasteiger partial charge in [-0.25, -0.2) is 0 Å². The molecule has 0 aliphatic heterocycles. The molecule has 0 fully saturated rings. The molecule has 0 radical (unpaired) electrons. The Morgan fingerprint density at radius 3 is 0.727 bits per heavy atom. The minimum Gasteiger partial charge on any atom is -0.0889 e. The lowest BCUT2D eigenvalue weighted by atomic mass is 9.76. The lowest BCUT2D eigenvalue weighted by Crippen LogP contribution is -2.21. The molecule has 0 aliphatic carbocycles. The van der Waals surface area contributed by atoms with Crippen molar-refractivity contribution in [3.8, 4) is 0 Å². The fraction of sp³-hybridized carbons (Fsp3) is 0.625. The van der Waals surface area contributed by atoms with E-state index < -0.39 is 0 Å². The molecule has 0 saturated heterocycles. The molecule has 0 aromatic heterocycles. The Balaban J connectivity index is 2.96. The third kappa shape index (κ3) is 5.72. The van der Waals surface area contributed by atoms with Crippen LogP contribution in [-0.2, 0) is 21.7 Å². The summed E-state index contributed by atoms with van der Waals surface area (Å²) in [5.74, 6) is 0. The monoisotopic (exact) mass is 466 g/mol. The molecule has 0 bridgehead atoms. The first-order chi connectivity index (χ1) is 14.6. The molecule has 2 rings (SSSR count). The van der Waals surface area contributed by atoms with Gasteiger partial charge >= 0.3 is 0 Å². The van der Waals surface area contributed by atoms with Gasteiger partial charge in [-0.3, -0.25) is 0 Å². The highest BCUT2D eigenvalue weighted by molar-refractivity contribution is 7.99. The highest BCUT2D eigenvalue weighted by Gasteiger charge is 2.29. The van der Waals surface area contributed by atoms with Gasteiger partial charge in [0.1, 0.15) is 0 Å². The van der Waals surface area contributed by atoms with E-state index in [1.54, 1.807) is 0 Å². The average Bonchev–Trinajstić information content (AvgIpc) is 2.56. The number of rotatable bonds is 2. The van der Waals surface area contributed by atoms with Crippen molar-refractivity contribution >= 4 is 11.8 Å². The molecule has 0 spiro atoms. The van der Waals surface area contributed by atoms with Gasteiger partial charge in [-0.1, -0.05) is 107 Å². The van der Waals surface area contributed by atoms with Gasteiger partial charge in [-0.2, -0.15) is 0 Å². The average molecular weight is 467 g/mol. The quantitative estimate of drug-likeness (QED) is 0.424. The van der Waals surface area contributed by atoms with E-state index in [2.05, 4.69) is 123 Å². The maximum absolute atomic E-state index is 2.49. The van der Waals surface area contributed by atoms with Crippen LogP contribution in [0.2, 0.25) is 0 Å². The smallest absolute Gasteiger partial charge is 0.0186 e. The van der Waals surface area contributed by atoms with E-state index in [9.17, 15) is 0 Å². The molecule has 1 heteroatoms. The third-order valence-corrected chi connectivity index (χ3v) is 8.62. The highest BCUT2D eigenvalue weighted by Crippen LogP contribution is 2.47. The maximum atomic E-state index is 2.49. The van der Waals surface area contributed by atoms with E-state index in [1.807, 2.05) is 11.8 Å². The van der Waals surface area contributed by atoms with Crippen molar-refractivity contribution in [2.75, 3.05) is 0 Å². The molecule has 184 valence electrons. The van der Waals surface area contributed by atoms with Crippen LogP contribution in [0.25, 0.3) is 0 Å². The Bertz CT molecular complexity index is 877. The zero-order valence-corrected chi connectivity index (χ0v) is 25.4. The summed E-state index contributed by atoms with van der Waals surface area (Å²) in [6.45, 7) is 37.5. The lowest BCUT2D eigenvalue weighted by Gasteiger charge is -2.33. The van der Waals surface area contributed by atoms with Crippen LogP contribution in [-0.4, -0.2) is 0 Å². The van der Waals surface area contributed by atoms with Crippen LogP contribution in [0, 0.1) is 27.7 Å². The summed E-state index contributed by atoms with van der Waals surface area (Å²) in [4.78, 5) is 2.90. The first-order valence-electron chi connectivity index (χ1n) is 12.6. The third-order valence-electron chi connectivity index (χ3n) is 6.99. The highest BCUT2D eigenvalue weighted by atomic mass is 32.2. The molecule has 0 heterocycles. The zero-order valence-electron chi connectivity index (χ0n) is 24.6. The van der Waals surface area contributed by atoms with E-state index >= 15 is 0 Å².